The number of benzene rings is 2. The molecule has 0 aliphatic rings. The molecule has 116 valence electrons. The summed E-state index contributed by atoms with van der Waals surface area (Å²) < 4.78 is 5.59. The van der Waals surface area contributed by atoms with Gasteiger partial charge in [0.05, 0.1) is 11.0 Å². The van der Waals surface area contributed by atoms with Gasteiger partial charge in [0.2, 0.25) is 0 Å². The number of ether oxygens (including phenoxy) is 1. The molecular weight excluding hydrogens is 314 g/mol. The van der Waals surface area contributed by atoms with Gasteiger partial charge in [0, 0.05) is 23.1 Å². The molecule has 1 heterocycles. The lowest BCUT2D eigenvalue weighted by atomic mass is 10.2. The molecule has 0 aliphatic heterocycles. The van der Waals surface area contributed by atoms with Crippen molar-refractivity contribution in [1.29, 1.82) is 0 Å². The fourth-order valence-electron chi connectivity index (χ4n) is 2.08. The molecule has 1 amide bonds. The van der Waals surface area contributed by atoms with Crippen LogP contribution in [0.2, 0.25) is 5.02 Å². The molecule has 5 nitrogen and oxygen atoms in total. The molecular formula is C17H14ClN3O2. The number of nitrogens with one attached hydrogen (secondary N) is 1. The van der Waals surface area contributed by atoms with Gasteiger partial charge in [-0.2, -0.15) is 0 Å². The van der Waals surface area contributed by atoms with E-state index in [1.165, 1.54) is 0 Å². The van der Waals surface area contributed by atoms with E-state index in [2.05, 4.69) is 15.3 Å². The van der Waals surface area contributed by atoms with E-state index in [1.54, 1.807) is 61.8 Å². The van der Waals surface area contributed by atoms with Crippen LogP contribution in [0.1, 0.15) is 6.92 Å². The Kier molecular flexibility index (Phi) is 4.39. The maximum Gasteiger partial charge on any atom is 0.265 e. The zero-order valence-corrected chi connectivity index (χ0v) is 13.1. The normalized spacial score (nSPS) is 11.9. The van der Waals surface area contributed by atoms with E-state index in [9.17, 15) is 4.79 Å². The molecule has 0 saturated heterocycles. The molecule has 0 unspecified atom stereocenters. The van der Waals surface area contributed by atoms with Crippen LogP contribution < -0.4 is 10.1 Å². The van der Waals surface area contributed by atoms with E-state index in [4.69, 9.17) is 16.3 Å². The highest BCUT2D eigenvalue weighted by Crippen LogP contribution is 2.19. The summed E-state index contributed by atoms with van der Waals surface area (Å²) in [4.78, 5) is 20.6. The second kappa shape index (κ2) is 6.62. The number of fused-ring (bicyclic) bond motifs is 1. The van der Waals surface area contributed by atoms with Crippen molar-refractivity contribution < 1.29 is 9.53 Å². The molecule has 0 aliphatic carbocycles. The van der Waals surface area contributed by atoms with Gasteiger partial charge in [0.15, 0.2) is 6.10 Å². The first kappa shape index (κ1) is 15.2. The summed E-state index contributed by atoms with van der Waals surface area (Å²) in [6.07, 6.45) is 2.58. The Morgan fingerprint density at radius 3 is 2.70 bits per heavy atom. The van der Waals surface area contributed by atoms with Crippen molar-refractivity contribution in [2.75, 3.05) is 5.32 Å². The van der Waals surface area contributed by atoms with Gasteiger partial charge in [-0.3, -0.25) is 14.8 Å². The van der Waals surface area contributed by atoms with E-state index >= 15 is 0 Å². The summed E-state index contributed by atoms with van der Waals surface area (Å²) in [5.41, 5.74) is 2.13. The van der Waals surface area contributed by atoms with Crippen molar-refractivity contribution in [3.05, 3.63) is 59.9 Å². The lowest BCUT2D eigenvalue weighted by molar-refractivity contribution is -0.122. The second-order valence-electron chi connectivity index (χ2n) is 4.97. The predicted octanol–water partition coefficient (Wildman–Crippen LogP) is 3.69. The van der Waals surface area contributed by atoms with E-state index in [-0.39, 0.29) is 5.91 Å². The molecule has 1 N–H and O–H groups in total. The van der Waals surface area contributed by atoms with Gasteiger partial charge >= 0.3 is 0 Å². The average Bonchev–Trinajstić information content (AvgIpc) is 2.54. The van der Waals surface area contributed by atoms with Crippen molar-refractivity contribution in [2.45, 2.75) is 13.0 Å². The number of amides is 1. The number of carbonyl (C=O) groups is 1. The molecule has 1 aromatic heterocycles. The summed E-state index contributed by atoms with van der Waals surface area (Å²) in [6, 6.07) is 12.3. The van der Waals surface area contributed by atoms with Gasteiger partial charge in [-0.05, 0) is 43.3 Å². The number of hydrogen-bond acceptors (Lipinski definition) is 4. The van der Waals surface area contributed by atoms with Crippen LogP contribution in [0.3, 0.4) is 0 Å². The van der Waals surface area contributed by atoms with Crippen LogP contribution in [0.5, 0.6) is 5.75 Å². The van der Waals surface area contributed by atoms with Gasteiger partial charge in [0.25, 0.3) is 5.91 Å². The molecule has 2 aromatic carbocycles. The standard InChI is InChI=1S/C17H14ClN3O2/c1-11(23-14-4-2-3-12(18)9-14)17(22)21-13-5-6-15-16(10-13)20-8-7-19-15/h2-11H,1H3,(H,21,22)/t11-/m1/s1. The molecule has 0 spiro atoms. The molecule has 6 heteroatoms. The van der Waals surface area contributed by atoms with E-state index < -0.39 is 6.10 Å². The largest absolute Gasteiger partial charge is 0.481 e. The van der Waals surface area contributed by atoms with Crippen LogP contribution >= 0.6 is 11.6 Å². The lowest BCUT2D eigenvalue weighted by Crippen LogP contribution is -2.30. The maximum atomic E-state index is 12.2. The number of nitrogens with zero attached hydrogens (tertiary/aromatic N) is 2. The Labute approximate surface area is 138 Å². The van der Waals surface area contributed by atoms with Crippen LogP contribution in [-0.2, 0) is 4.79 Å². The first-order chi connectivity index (χ1) is 11.1. The topological polar surface area (TPSA) is 64.1 Å². The molecule has 0 saturated carbocycles. The third-order valence-corrected chi connectivity index (χ3v) is 3.45. The molecule has 3 aromatic rings. The second-order valence-corrected chi connectivity index (χ2v) is 5.40. The Balaban J connectivity index is 1.69. The summed E-state index contributed by atoms with van der Waals surface area (Å²) in [5.74, 6) is 0.290. The minimum atomic E-state index is -0.661. The Bertz CT molecular complexity index is 854. The number of halogens is 1. The van der Waals surface area contributed by atoms with Crippen LogP contribution in [0.15, 0.2) is 54.9 Å². The number of anilines is 1. The monoisotopic (exact) mass is 327 g/mol. The van der Waals surface area contributed by atoms with Gasteiger partial charge in [0.1, 0.15) is 5.75 Å². The van der Waals surface area contributed by atoms with Crippen LogP contribution in [0, 0.1) is 0 Å². The van der Waals surface area contributed by atoms with Crippen LogP contribution in [0.25, 0.3) is 11.0 Å². The predicted molar refractivity (Wildman–Crippen MR) is 89.7 cm³/mol. The zero-order valence-electron chi connectivity index (χ0n) is 12.4. The minimum absolute atomic E-state index is 0.256. The number of rotatable bonds is 4. The fourth-order valence-corrected chi connectivity index (χ4v) is 2.26. The van der Waals surface area contributed by atoms with Crippen molar-refractivity contribution in [3.63, 3.8) is 0 Å². The van der Waals surface area contributed by atoms with E-state index in [0.29, 0.717) is 22.0 Å². The third kappa shape index (κ3) is 3.76. The SMILES string of the molecule is C[C@@H](Oc1cccc(Cl)c1)C(=O)Nc1ccc2nccnc2c1. The first-order valence-corrected chi connectivity index (χ1v) is 7.43. The Hall–Kier alpha value is -2.66. The summed E-state index contributed by atoms with van der Waals surface area (Å²) >= 11 is 5.90. The van der Waals surface area contributed by atoms with Crippen molar-refractivity contribution in [1.82, 2.24) is 9.97 Å². The van der Waals surface area contributed by atoms with E-state index in [0.717, 1.165) is 5.52 Å². The Morgan fingerprint density at radius 2 is 1.91 bits per heavy atom. The van der Waals surface area contributed by atoms with E-state index in [1.807, 2.05) is 0 Å². The summed E-state index contributed by atoms with van der Waals surface area (Å²) in [7, 11) is 0. The number of hydrogen-bond donors (Lipinski definition) is 1. The molecule has 3 rings (SSSR count). The first-order valence-electron chi connectivity index (χ1n) is 7.06. The molecule has 0 radical (unpaired) electrons. The van der Waals surface area contributed by atoms with Crippen LogP contribution in [0.4, 0.5) is 5.69 Å². The van der Waals surface area contributed by atoms with Crippen LogP contribution in [-0.4, -0.2) is 22.0 Å². The van der Waals surface area contributed by atoms with Gasteiger partial charge in [-0.15, -0.1) is 0 Å². The maximum absolute atomic E-state index is 12.2. The quantitative estimate of drug-likeness (QED) is 0.793. The summed E-state index contributed by atoms with van der Waals surface area (Å²) in [5, 5.41) is 3.36. The van der Waals surface area contributed by atoms with Gasteiger partial charge < -0.3 is 10.1 Å². The minimum Gasteiger partial charge on any atom is -0.481 e. The third-order valence-electron chi connectivity index (χ3n) is 3.22. The van der Waals surface area contributed by atoms with Crippen molar-refractivity contribution in [2.24, 2.45) is 0 Å². The highest BCUT2D eigenvalue weighted by Gasteiger charge is 2.15. The molecule has 0 bridgehead atoms. The molecule has 0 fully saturated rings. The number of aromatic nitrogens is 2. The highest BCUT2D eigenvalue weighted by molar-refractivity contribution is 6.30. The highest BCUT2D eigenvalue weighted by atomic mass is 35.5. The smallest absolute Gasteiger partial charge is 0.265 e. The van der Waals surface area contributed by atoms with Gasteiger partial charge in [-0.1, -0.05) is 17.7 Å². The zero-order chi connectivity index (χ0) is 16.2. The van der Waals surface area contributed by atoms with Crippen molar-refractivity contribution >= 4 is 34.2 Å². The van der Waals surface area contributed by atoms with Crippen molar-refractivity contribution in [3.8, 4) is 5.75 Å². The van der Waals surface area contributed by atoms with Gasteiger partial charge in [-0.25, -0.2) is 0 Å². The Morgan fingerprint density at radius 1 is 1.13 bits per heavy atom. The average molecular weight is 328 g/mol. The molecule has 23 heavy (non-hydrogen) atoms. The summed E-state index contributed by atoms with van der Waals surface area (Å²) in [6.45, 7) is 1.68. The lowest BCUT2D eigenvalue weighted by Gasteiger charge is -2.15. The fraction of sp³-hybridized carbons (Fsp3) is 0.118. The molecule has 1 atom stereocenters. The number of carbonyl (C=O) groups excluding carboxylic acids is 1.